The Bertz CT molecular complexity index is 558. The van der Waals surface area contributed by atoms with Crippen molar-refractivity contribution in [3.05, 3.63) is 40.1 Å². The molecule has 2 aromatic rings. The fourth-order valence-corrected chi connectivity index (χ4v) is 2.99. The second-order valence-electron chi connectivity index (χ2n) is 3.04. The van der Waals surface area contributed by atoms with Gasteiger partial charge in [-0.15, -0.1) is 0 Å². The van der Waals surface area contributed by atoms with E-state index in [9.17, 15) is 0 Å². The van der Waals surface area contributed by atoms with Crippen molar-refractivity contribution in [2.45, 2.75) is 0 Å². The van der Waals surface area contributed by atoms with E-state index in [1.165, 1.54) is 10.9 Å². The maximum absolute atomic E-state index is 4.54. The Morgan fingerprint density at radius 2 is 2.14 bits per heavy atom. The van der Waals surface area contributed by atoms with Gasteiger partial charge in [-0.25, -0.2) is 3.15 Å². The average Bonchev–Trinajstić information content (AvgIpc) is 2.29. The largest absolute Gasteiger partial charge is 0.256 e. The van der Waals surface area contributed by atoms with Crippen molar-refractivity contribution >= 4 is 43.7 Å². The molecule has 0 radical (unpaired) electrons. The van der Waals surface area contributed by atoms with E-state index >= 15 is 0 Å². The minimum Gasteiger partial charge on any atom is -0.256 e. The van der Waals surface area contributed by atoms with Crippen LogP contribution in [0.3, 0.4) is 0 Å². The molecule has 1 aliphatic heterocycles. The summed E-state index contributed by atoms with van der Waals surface area (Å²) in [5.41, 5.74) is 3.40. The molecule has 3 heteroatoms. The number of hydrogen-bond acceptors (Lipinski definition) is 2. The second kappa shape index (κ2) is 3.24. The molecule has 0 atom stereocenters. The Morgan fingerprint density at radius 3 is 3.14 bits per heavy atom. The monoisotopic (exact) mass is 294 g/mol. The van der Waals surface area contributed by atoms with Crippen LogP contribution < -0.4 is 0 Å². The lowest BCUT2D eigenvalue weighted by Crippen LogP contribution is -1.83. The zero-order valence-electron chi connectivity index (χ0n) is 7.31. The van der Waals surface area contributed by atoms with Crippen molar-refractivity contribution in [1.82, 2.24) is 4.98 Å². The molecule has 14 heavy (non-hydrogen) atoms. The zero-order chi connectivity index (χ0) is 9.38. The first kappa shape index (κ1) is 8.23. The third kappa shape index (κ3) is 1.19. The third-order valence-electron chi connectivity index (χ3n) is 2.23. The van der Waals surface area contributed by atoms with Gasteiger partial charge in [0.05, 0.1) is 11.2 Å². The predicted molar refractivity (Wildman–Crippen MR) is 66.9 cm³/mol. The minimum absolute atomic E-state index is 0.107. The van der Waals surface area contributed by atoms with Crippen molar-refractivity contribution < 1.29 is 0 Å². The Hall–Kier alpha value is -1.10. The standard InChI is InChI=1S/C11H7IN2/c1-2-8-9-5-6-12-14-11(9)4-3-10(8)13-7-1/h1-7H. The first-order chi connectivity index (χ1) is 6.95. The lowest BCUT2D eigenvalue weighted by atomic mass is 10.1. The first-order valence-corrected chi connectivity index (χ1v) is 6.54. The molecule has 68 valence electrons. The molecule has 0 N–H and O–H groups in total. The molecule has 2 heterocycles. The highest BCUT2D eigenvalue weighted by Crippen LogP contribution is 2.34. The van der Waals surface area contributed by atoms with Crippen LogP contribution in [0.1, 0.15) is 5.56 Å². The summed E-state index contributed by atoms with van der Waals surface area (Å²) in [7, 11) is 0. The Labute approximate surface area is 91.8 Å². The topological polar surface area (TPSA) is 25.2 Å². The number of halogens is 1. The molecule has 0 saturated carbocycles. The third-order valence-corrected chi connectivity index (χ3v) is 3.71. The van der Waals surface area contributed by atoms with Crippen LogP contribution in [0.2, 0.25) is 0 Å². The first-order valence-electron chi connectivity index (χ1n) is 4.33. The molecular weight excluding hydrogens is 287 g/mol. The number of pyridine rings is 1. The van der Waals surface area contributed by atoms with Gasteiger partial charge in [0.25, 0.3) is 0 Å². The molecule has 2 nitrogen and oxygen atoms in total. The van der Waals surface area contributed by atoms with Crippen LogP contribution in [0.25, 0.3) is 17.0 Å². The minimum atomic E-state index is -0.107. The van der Waals surface area contributed by atoms with Crippen molar-refractivity contribution in [2.75, 3.05) is 0 Å². The summed E-state index contributed by atoms with van der Waals surface area (Å²) in [4.78, 5) is 4.32. The van der Waals surface area contributed by atoms with Crippen molar-refractivity contribution in [2.24, 2.45) is 3.15 Å². The van der Waals surface area contributed by atoms with Gasteiger partial charge in [0, 0.05) is 38.2 Å². The van der Waals surface area contributed by atoms with Crippen molar-refractivity contribution in [1.29, 1.82) is 0 Å². The lowest BCUT2D eigenvalue weighted by Gasteiger charge is -2.06. The maximum Gasteiger partial charge on any atom is 0.0771 e. The molecule has 0 amide bonds. The summed E-state index contributed by atoms with van der Waals surface area (Å²) in [5, 5.41) is 1.20. The van der Waals surface area contributed by atoms with Gasteiger partial charge in [-0.3, -0.25) is 4.98 Å². The molecule has 0 spiro atoms. The lowest BCUT2D eigenvalue weighted by molar-refractivity contribution is 1.41. The average molecular weight is 294 g/mol. The van der Waals surface area contributed by atoms with Gasteiger partial charge in [-0.1, -0.05) is 6.07 Å². The Morgan fingerprint density at radius 1 is 1.14 bits per heavy atom. The molecule has 1 aliphatic rings. The number of nitrogens with zero attached hydrogens (tertiary/aromatic N) is 2. The van der Waals surface area contributed by atoms with Gasteiger partial charge in [0.15, 0.2) is 0 Å². The maximum atomic E-state index is 4.54. The van der Waals surface area contributed by atoms with E-state index in [4.69, 9.17) is 0 Å². The van der Waals surface area contributed by atoms with Crippen LogP contribution in [-0.2, 0) is 0 Å². The van der Waals surface area contributed by atoms with E-state index < -0.39 is 0 Å². The summed E-state index contributed by atoms with van der Waals surface area (Å²) in [6.45, 7) is 0. The number of rotatable bonds is 0. The van der Waals surface area contributed by atoms with Crippen LogP contribution in [0, 0.1) is 0 Å². The Kier molecular flexibility index (Phi) is 1.90. The van der Waals surface area contributed by atoms with Gasteiger partial charge in [-0.05, 0) is 28.4 Å². The fraction of sp³-hybridized carbons (Fsp3) is 0. The van der Waals surface area contributed by atoms with Crippen molar-refractivity contribution in [3.63, 3.8) is 0 Å². The zero-order valence-corrected chi connectivity index (χ0v) is 9.47. The molecule has 0 unspecified atom stereocenters. The number of benzene rings is 1. The van der Waals surface area contributed by atoms with Crippen LogP contribution in [-0.4, -0.2) is 4.98 Å². The smallest absolute Gasteiger partial charge is 0.0771 e. The van der Waals surface area contributed by atoms with E-state index in [2.05, 4.69) is 30.4 Å². The summed E-state index contributed by atoms with van der Waals surface area (Å²) >= 11 is -0.107. The van der Waals surface area contributed by atoms with E-state index in [0.29, 0.717) is 0 Å². The SMILES string of the molecule is C1=Cc2c(ccc3ncccc23)N=I1. The number of hydrogen-bond donors (Lipinski definition) is 0. The van der Waals surface area contributed by atoms with Crippen LogP contribution >= 0.6 is 21.0 Å². The summed E-state index contributed by atoms with van der Waals surface area (Å²) in [6, 6.07) is 8.18. The van der Waals surface area contributed by atoms with Crippen LogP contribution in [0.5, 0.6) is 0 Å². The predicted octanol–water partition coefficient (Wildman–Crippen LogP) is 4.00. The summed E-state index contributed by atoms with van der Waals surface area (Å²) in [5.74, 6) is 0. The van der Waals surface area contributed by atoms with Gasteiger partial charge >= 0.3 is 0 Å². The normalized spacial score (nSPS) is 13.7. The highest BCUT2D eigenvalue weighted by atomic mass is 127. The Balaban J connectivity index is 2.47. The van der Waals surface area contributed by atoms with Crippen molar-refractivity contribution in [3.8, 4) is 0 Å². The highest BCUT2D eigenvalue weighted by Gasteiger charge is 2.06. The van der Waals surface area contributed by atoms with Gasteiger partial charge in [0.2, 0.25) is 0 Å². The molecule has 1 aromatic heterocycles. The molecule has 1 aromatic carbocycles. The van der Waals surface area contributed by atoms with E-state index in [1.54, 1.807) is 0 Å². The van der Waals surface area contributed by atoms with E-state index in [1.807, 2.05) is 18.3 Å². The van der Waals surface area contributed by atoms with Gasteiger partial charge in [-0.2, -0.15) is 0 Å². The molecule has 0 saturated heterocycles. The van der Waals surface area contributed by atoms with Crippen LogP contribution in [0.15, 0.2) is 37.7 Å². The summed E-state index contributed by atoms with van der Waals surface area (Å²) in [6.07, 6.45) is 4.00. The fourth-order valence-electron chi connectivity index (χ4n) is 1.58. The molecule has 0 bridgehead atoms. The molecule has 0 fully saturated rings. The molecule has 3 rings (SSSR count). The second-order valence-corrected chi connectivity index (χ2v) is 4.80. The summed E-state index contributed by atoms with van der Waals surface area (Å²) < 4.78 is 6.73. The van der Waals surface area contributed by atoms with E-state index in [-0.39, 0.29) is 21.0 Å². The number of fused-ring (bicyclic) bond motifs is 3. The number of aromatic nitrogens is 1. The van der Waals surface area contributed by atoms with Gasteiger partial charge < -0.3 is 0 Å². The van der Waals surface area contributed by atoms with Gasteiger partial charge in [0.1, 0.15) is 0 Å². The molecule has 0 aliphatic carbocycles. The quantitative estimate of drug-likeness (QED) is 0.674. The van der Waals surface area contributed by atoms with E-state index in [0.717, 1.165) is 11.2 Å². The highest BCUT2D eigenvalue weighted by molar-refractivity contribution is 14.2. The molecular formula is C11H7IN2. The van der Waals surface area contributed by atoms with Crippen LogP contribution in [0.4, 0.5) is 5.69 Å².